The maximum absolute atomic E-state index is 13.3. The second-order valence-corrected chi connectivity index (χ2v) is 12.6. The maximum atomic E-state index is 13.3. The fourth-order valence-corrected chi connectivity index (χ4v) is 6.31. The van der Waals surface area contributed by atoms with Crippen molar-refractivity contribution in [2.75, 3.05) is 31.1 Å². The minimum atomic E-state index is -3.82. The van der Waals surface area contributed by atoms with Gasteiger partial charge in [-0.15, -0.1) is 5.06 Å². The van der Waals surface area contributed by atoms with E-state index in [4.69, 9.17) is 9.57 Å². The van der Waals surface area contributed by atoms with E-state index in [2.05, 4.69) is 9.88 Å². The molecule has 8 nitrogen and oxygen atoms in total. The van der Waals surface area contributed by atoms with Crippen molar-refractivity contribution in [2.45, 2.75) is 42.6 Å². The van der Waals surface area contributed by atoms with E-state index in [1.807, 2.05) is 18.2 Å². The molecule has 2 atom stereocenters. The maximum Gasteiger partial charge on any atom is 0.528 e. The average Bonchev–Trinajstić information content (AvgIpc) is 3.25. The molecule has 2 unspecified atom stereocenters. The zero-order valence-corrected chi connectivity index (χ0v) is 21.9. The summed E-state index contributed by atoms with van der Waals surface area (Å²) in [6.45, 7) is 8.29. The van der Waals surface area contributed by atoms with Crippen LogP contribution in [0.25, 0.3) is 10.9 Å². The Kier molecular flexibility index (Phi) is 6.57. The molecule has 3 heterocycles. The zero-order valence-electron chi connectivity index (χ0n) is 21.1. The first kappa shape index (κ1) is 25.4. The van der Waals surface area contributed by atoms with Gasteiger partial charge >= 0.3 is 6.16 Å². The first-order chi connectivity index (χ1) is 17.5. The Balaban J connectivity index is 1.33. The molecule has 2 saturated heterocycles. The van der Waals surface area contributed by atoms with Gasteiger partial charge in [-0.25, -0.2) is 17.6 Å². The number of rotatable bonds is 4. The minimum absolute atomic E-state index is 0.0213. The van der Waals surface area contributed by atoms with Crippen molar-refractivity contribution < 1.29 is 27.2 Å². The minimum Gasteiger partial charge on any atom is -0.427 e. The van der Waals surface area contributed by atoms with Gasteiger partial charge in [-0.3, -0.25) is 4.98 Å². The lowest BCUT2D eigenvalue weighted by Crippen LogP contribution is -2.42. The summed E-state index contributed by atoms with van der Waals surface area (Å²) in [6, 6.07) is 12.1. The SMILES string of the molecule is CC(C)(C)OC(=O)ON1CCC2CN(c3cccc4cc(S(=O)(=O)c5ccc(F)cc5)cnc34)CC2C1. The Morgan fingerprint density at radius 2 is 1.76 bits per heavy atom. The van der Waals surface area contributed by atoms with Crippen molar-refractivity contribution >= 4 is 32.6 Å². The van der Waals surface area contributed by atoms with Crippen LogP contribution in [0.4, 0.5) is 14.9 Å². The van der Waals surface area contributed by atoms with Crippen LogP contribution in [-0.2, 0) is 19.4 Å². The van der Waals surface area contributed by atoms with E-state index in [1.165, 1.54) is 18.3 Å². The number of hydrogen-bond acceptors (Lipinski definition) is 8. The smallest absolute Gasteiger partial charge is 0.427 e. The van der Waals surface area contributed by atoms with E-state index < -0.39 is 27.4 Å². The lowest BCUT2D eigenvalue weighted by atomic mass is 9.90. The number of halogens is 1. The molecule has 2 aliphatic rings. The number of benzene rings is 2. The molecular formula is C27H30FN3O5S. The van der Waals surface area contributed by atoms with Crippen molar-refractivity contribution in [3.05, 3.63) is 60.5 Å². The molecule has 0 spiro atoms. The van der Waals surface area contributed by atoms with Crippen LogP contribution in [0, 0.1) is 17.7 Å². The van der Waals surface area contributed by atoms with E-state index in [-0.39, 0.29) is 9.79 Å². The van der Waals surface area contributed by atoms with Gasteiger partial charge < -0.3 is 14.5 Å². The van der Waals surface area contributed by atoms with Crippen LogP contribution in [0.15, 0.2) is 64.5 Å². The van der Waals surface area contributed by atoms with E-state index >= 15 is 0 Å². The topological polar surface area (TPSA) is 89.0 Å². The molecule has 2 fully saturated rings. The Bertz CT molecular complexity index is 1420. The van der Waals surface area contributed by atoms with E-state index in [0.717, 1.165) is 42.8 Å². The van der Waals surface area contributed by atoms with Crippen molar-refractivity contribution in [1.29, 1.82) is 0 Å². The number of pyridine rings is 1. The van der Waals surface area contributed by atoms with Crippen LogP contribution in [0.1, 0.15) is 27.2 Å². The Labute approximate surface area is 215 Å². The summed E-state index contributed by atoms with van der Waals surface area (Å²) in [5, 5.41) is 2.40. The summed E-state index contributed by atoms with van der Waals surface area (Å²) < 4.78 is 44.7. The molecule has 37 heavy (non-hydrogen) atoms. The third-order valence-electron chi connectivity index (χ3n) is 6.80. The van der Waals surface area contributed by atoms with Crippen molar-refractivity contribution in [3.8, 4) is 0 Å². The van der Waals surface area contributed by atoms with Crippen molar-refractivity contribution in [1.82, 2.24) is 10.0 Å². The number of hydrogen-bond donors (Lipinski definition) is 0. The van der Waals surface area contributed by atoms with Crippen LogP contribution >= 0.6 is 0 Å². The number of ether oxygens (including phenoxy) is 1. The molecule has 0 aliphatic carbocycles. The number of nitrogens with zero attached hydrogens (tertiary/aromatic N) is 3. The average molecular weight is 528 g/mol. The van der Waals surface area contributed by atoms with E-state index in [1.54, 1.807) is 31.9 Å². The molecule has 0 bridgehead atoms. The molecule has 0 amide bonds. The predicted molar refractivity (Wildman–Crippen MR) is 136 cm³/mol. The number of piperidine rings is 1. The van der Waals surface area contributed by atoms with Gasteiger partial charge in [-0.1, -0.05) is 12.1 Å². The van der Waals surface area contributed by atoms with Gasteiger partial charge in [0, 0.05) is 37.8 Å². The summed E-state index contributed by atoms with van der Waals surface area (Å²) in [5.74, 6) is 0.266. The molecule has 1 aromatic heterocycles. The molecule has 2 aliphatic heterocycles. The van der Waals surface area contributed by atoms with Crippen molar-refractivity contribution in [3.63, 3.8) is 0 Å². The number of anilines is 1. The molecule has 0 N–H and O–H groups in total. The molecule has 0 saturated carbocycles. The number of para-hydroxylation sites is 1. The zero-order chi connectivity index (χ0) is 26.4. The highest BCUT2D eigenvalue weighted by molar-refractivity contribution is 7.91. The Hall–Kier alpha value is -3.24. The van der Waals surface area contributed by atoms with Gasteiger partial charge in [0.15, 0.2) is 0 Å². The third-order valence-corrected chi connectivity index (χ3v) is 8.53. The standard InChI is InChI=1S/C27H30FN3O5S/c1-27(2,3)35-26(32)36-31-12-11-19-15-30(16-20(19)17-31)24-6-4-5-18-13-23(14-29-25(18)24)37(33,34)22-9-7-21(28)8-10-22/h4-10,13-14,19-20H,11-12,15-17H2,1-3H3. The highest BCUT2D eigenvalue weighted by Gasteiger charge is 2.39. The summed E-state index contributed by atoms with van der Waals surface area (Å²) in [6.07, 6.45) is 1.57. The molecule has 5 rings (SSSR count). The summed E-state index contributed by atoms with van der Waals surface area (Å²) in [5.41, 5.74) is 1.05. The first-order valence-electron chi connectivity index (χ1n) is 12.3. The second kappa shape index (κ2) is 9.57. The molecule has 0 radical (unpaired) electrons. The van der Waals surface area contributed by atoms with Gasteiger partial charge in [-0.05, 0) is 75.4 Å². The highest BCUT2D eigenvalue weighted by atomic mass is 32.2. The van der Waals surface area contributed by atoms with E-state index in [9.17, 15) is 17.6 Å². The molecule has 2 aromatic carbocycles. The van der Waals surface area contributed by atoms with Gasteiger partial charge in [0.2, 0.25) is 9.84 Å². The number of carbonyl (C=O) groups is 1. The molecule has 3 aromatic rings. The second-order valence-electron chi connectivity index (χ2n) is 10.6. The third kappa shape index (κ3) is 5.40. The number of aromatic nitrogens is 1. The van der Waals surface area contributed by atoms with Gasteiger partial charge in [0.25, 0.3) is 0 Å². The lowest BCUT2D eigenvalue weighted by Gasteiger charge is -2.32. The van der Waals surface area contributed by atoms with Crippen LogP contribution < -0.4 is 4.90 Å². The van der Waals surface area contributed by atoms with Crippen LogP contribution in [0.5, 0.6) is 0 Å². The van der Waals surface area contributed by atoms with Gasteiger partial charge in [0.1, 0.15) is 11.4 Å². The fraction of sp³-hybridized carbons (Fsp3) is 0.407. The van der Waals surface area contributed by atoms with Crippen LogP contribution in [-0.4, -0.2) is 56.4 Å². The quantitative estimate of drug-likeness (QED) is 0.352. The largest absolute Gasteiger partial charge is 0.528 e. The van der Waals surface area contributed by atoms with Crippen molar-refractivity contribution in [2.24, 2.45) is 11.8 Å². The predicted octanol–water partition coefficient (Wildman–Crippen LogP) is 4.83. The fourth-order valence-electron chi connectivity index (χ4n) is 5.07. The van der Waals surface area contributed by atoms with Crippen LogP contribution in [0.3, 0.4) is 0 Å². The Morgan fingerprint density at radius 1 is 1.03 bits per heavy atom. The first-order valence-corrected chi connectivity index (χ1v) is 13.8. The number of carbonyl (C=O) groups excluding carboxylic acids is 1. The normalized spacial score (nSPS) is 20.6. The highest BCUT2D eigenvalue weighted by Crippen LogP contribution is 2.37. The lowest BCUT2D eigenvalue weighted by molar-refractivity contribution is -0.162. The summed E-state index contributed by atoms with van der Waals surface area (Å²) in [4.78, 5) is 24.4. The molecule has 196 valence electrons. The summed E-state index contributed by atoms with van der Waals surface area (Å²) >= 11 is 0. The van der Waals surface area contributed by atoms with E-state index in [0.29, 0.717) is 30.3 Å². The number of fused-ring (bicyclic) bond motifs is 2. The monoisotopic (exact) mass is 527 g/mol. The molecule has 10 heteroatoms. The number of sulfone groups is 1. The summed E-state index contributed by atoms with van der Waals surface area (Å²) in [7, 11) is -3.82. The molecular weight excluding hydrogens is 497 g/mol. The van der Waals surface area contributed by atoms with Gasteiger partial charge in [-0.2, -0.15) is 0 Å². The number of hydroxylamine groups is 2. The van der Waals surface area contributed by atoms with Gasteiger partial charge in [0.05, 0.1) is 21.0 Å². The Morgan fingerprint density at radius 3 is 2.49 bits per heavy atom. The van der Waals surface area contributed by atoms with Crippen LogP contribution in [0.2, 0.25) is 0 Å².